The third-order valence-electron chi connectivity index (χ3n) is 33.1. The number of carbonyl (C=O) groups is 5. The van der Waals surface area contributed by atoms with Gasteiger partial charge < -0.3 is 54.0 Å². The number of ether oxygens (including phenoxy) is 6. The lowest BCUT2D eigenvalue weighted by molar-refractivity contribution is -0.189. The summed E-state index contributed by atoms with van der Waals surface area (Å²) in [5.74, 6) is 5.05. The molecule has 10 rings (SSSR count). The monoisotopic (exact) mass is 2020 g/mol. The zero-order chi connectivity index (χ0) is 111. The molecule has 16 nitrogen and oxygen atoms in total. The molecule has 0 aliphatic heterocycles. The van der Waals surface area contributed by atoms with Crippen molar-refractivity contribution in [2.24, 2.45) is 49.7 Å². The number of aromatic hydroxyl groups is 5. The number of fused-ring (bicyclic) bond motifs is 2. The molecule has 5 atom stereocenters. The minimum Gasteiger partial charge on any atom is -0.508 e. The average molecular weight is 2020 g/mol. The first-order valence-electron chi connectivity index (χ1n) is 55.8. The van der Waals surface area contributed by atoms with Gasteiger partial charge in [-0.25, -0.2) is 0 Å². The molecule has 7 aromatic rings. The number of esters is 5. The molecule has 822 valence electrons. The van der Waals surface area contributed by atoms with E-state index in [1.165, 1.54) is 70.7 Å². The molecule has 7 aromatic carbocycles. The molecule has 3 fully saturated rings. The second kappa shape index (κ2) is 62.1. The Morgan fingerprint density at radius 1 is 0.290 bits per heavy atom. The fourth-order valence-electron chi connectivity index (χ4n) is 16.7. The zero-order valence-corrected chi connectivity index (χ0v) is 99.2. The number of rotatable bonds is 33. The molecule has 16 heteroatoms. The van der Waals surface area contributed by atoms with E-state index in [1.807, 2.05) is 159 Å². The summed E-state index contributed by atoms with van der Waals surface area (Å²) in [5, 5.41) is 50.3. The number of phenols is 5. The van der Waals surface area contributed by atoms with Gasteiger partial charge in [0.25, 0.3) is 0 Å². The Hall–Kier alpha value is -8.63. The highest BCUT2D eigenvalue weighted by Crippen LogP contribution is 2.50. The molecule has 3 aliphatic rings. The fraction of sp³-hybridized carbons (Fsp3) is 0.667. The molecule has 5 N–H and O–H groups in total. The molecule has 0 amide bonds. The Bertz CT molecular complexity index is 4610. The lowest BCUT2D eigenvalue weighted by atomic mass is 9.73. The molecule has 3 saturated carbocycles. The van der Waals surface area contributed by atoms with E-state index >= 15 is 0 Å². The van der Waals surface area contributed by atoms with Gasteiger partial charge in [-0.3, -0.25) is 24.0 Å². The second-order valence-corrected chi connectivity index (χ2v) is 47.8. The van der Waals surface area contributed by atoms with Crippen LogP contribution in [-0.4, -0.2) is 97.1 Å². The molecular formula is C129H210O16. The van der Waals surface area contributed by atoms with Gasteiger partial charge in [0.2, 0.25) is 0 Å². The van der Waals surface area contributed by atoms with Gasteiger partial charge in [-0.2, -0.15) is 0 Å². The van der Waals surface area contributed by atoms with Crippen molar-refractivity contribution < 1.29 is 77.9 Å². The van der Waals surface area contributed by atoms with Crippen LogP contribution in [0.1, 0.15) is 494 Å². The Labute approximate surface area is 884 Å². The quantitative estimate of drug-likeness (QED) is 0.0190. The van der Waals surface area contributed by atoms with Gasteiger partial charge >= 0.3 is 29.8 Å². The van der Waals surface area contributed by atoms with Crippen LogP contribution in [0.25, 0.3) is 21.5 Å². The Morgan fingerprint density at radius 3 is 0.807 bits per heavy atom. The van der Waals surface area contributed by atoms with Gasteiger partial charge in [0.1, 0.15) is 56.8 Å². The smallest absolute Gasteiger partial charge is 0.312 e. The van der Waals surface area contributed by atoms with E-state index in [-0.39, 0.29) is 90.3 Å². The topological polar surface area (TPSA) is 242 Å². The molecule has 0 saturated heterocycles. The van der Waals surface area contributed by atoms with Crippen molar-refractivity contribution in [1.29, 1.82) is 0 Å². The normalized spacial score (nSPS) is 15.5. The minimum atomic E-state index is -0.404. The van der Waals surface area contributed by atoms with Crippen LogP contribution in [0.15, 0.2) is 146 Å². The van der Waals surface area contributed by atoms with E-state index in [1.54, 1.807) is 67.8 Å². The average Bonchev–Trinajstić information content (AvgIpc) is 1.22. The first-order valence-corrected chi connectivity index (χ1v) is 55.8. The summed E-state index contributed by atoms with van der Waals surface area (Å²) >= 11 is 0. The Balaban J connectivity index is 0.000000809. The Morgan fingerprint density at radius 2 is 0.531 bits per heavy atom. The number of hydrogen-bond acceptors (Lipinski definition) is 16. The van der Waals surface area contributed by atoms with Crippen LogP contribution in [0.4, 0.5) is 0 Å². The minimum absolute atomic E-state index is 0.0307. The van der Waals surface area contributed by atoms with Crippen molar-refractivity contribution in [2.45, 2.75) is 495 Å². The maximum absolute atomic E-state index is 12.4. The first kappa shape index (κ1) is 134. The maximum atomic E-state index is 12.4. The molecule has 145 heavy (non-hydrogen) atoms. The Kier molecular flexibility index (Phi) is 57.6. The molecular weight excluding hydrogens is 1810 g/mol. The van der Waals surface area contributed by atoms with Gasteiger partial charge in [0.05, 0.1) is 33.7 Å². The molecule has 3 aliphatic carbocycles. The summed E-state index contributed by atoms with van der Waals surface area (Å²) in [4.78, 5) is 60.7. The van der Waals surface area contributed by atoms with E-state index in [4.69, 9.17) is 43.7 Å². The van der Waals surface area contributed by atoms with Crippen LogP contribution >= 0.6 is 0 Å². The predicted molar refractivity (Wildman–Crippen MR) is 611 cm³/mol. The van der Waals surface area contributed by atoms with Gasteiger partial charge in [0, 0.05) is 17.9 Å². The zero-order valence-electron chi connectivity index (χ0n) is 99.2. The van der Waals surface area contributed by atoms with Crippen molar-refractivity contribution in [3.63, 3.8) is 0 Å². The van der Waals surface area contributed by atoms with Crippen molar-refractivity contribution in [3.8, 4) is 28.7 Å². The van der Waals surface area contributed by atoms with E-state index < -0.39 is 5.41 Å². The van der Waals surface area contributed by atoms with Crippen molar-refractivity contribution in [3.05, 3.63) is 173 Å². The third kappa shape index (κ3) is 43.1. The van der Waals surface area contributed by atoms with Crippen molar-refractivity contribution in [1.82, 2.24) is 0 Å². The SMILES string of the molecule is CCC(C)(C)C(=O)OC(C)(C(C)C)C(C)C.CCC(C)(C)C(=O)OC1(C(C)(C)C)CCCC1.CCC(C)(C)C(=O)OC1(C(C)(C)COC)CCCC1.CCC(C)(C)C(=O)OC1(C)CCCCC1.CCC(C)c1ccc(O)cc1.CCC(C)c1ccc(O)cc1.CCC(C)c1ccc(O)cc1.CCC(C)c1ccc2cc(O)ccc2c1.CCC(C)c1ccc2cc(O)ccc2c1.CCC(CC)(CC)OC(=O)C(C)(C)CC. The third-order valence-corrected chi connectivity index (χ3v) is 33.1. The summed E-state index contributed by atoms with van der Waals surface area (Å²) in [5.41, 5.74) is 3.28. The van der Waals surface area contributed by atoms with Crippen LogP contribution in [0.3, 0.4) is 0 Å². The molecule has 0 radical (unpaired) electrons. The lowest BCUT2D eigenvalue weighted by Crippen LogP contribution is -2.50. The number of phenolic OH excluding ortho intramolecular Hbond substituents is 5. The first-order chi connectivity index (χ1) is 67.3. The summed E-state index contributed by atoms with van der Waals surface area (Å²) in [6.07, 6.45) is 26.8. The van der Waals surface area contributed by atoms with Crippen molar-refractivity contribution in [2.75, 3.05) is 13.7 Å². The number of hydrogen-bond donors (Lipinski definition) is 5. The second-order valence-electron chi connectivity index (χ2n) is 47.8. The molecule has 0 spiro atoms. The van der Waals surface area contributed by atoms with Crippen LogP contribution in [-0.2, 0) is 52.4 Å². The molecule has 0 heterocycles. The van der Waals surface area contributed by atoms with E-state index in [0.717, 1.165) is 146 Å². The number of benzene rings is 7. The van der Waals surface area contributed by atoms with Crippen molar-refractivity contribution >= 4 is 51.4 Å². The highest BCUT2D eigenvalue weighted by atomic mass is 16.6. The van der Waals surface area contributed by atoms with Crippen LogP contribution < -0.4 is 0 Å². The number of methoxy groups -OCH3 is 1. The molecule has 5 unspecified atom stereocenters. The summed E-state index contributed by atoms with van der Waals surface area (Å²) in [7, 11) is 1.71. The van der Waals surface area contributed by atoms with E-state index in [0.29, 0.717) is 76.8 Å². The van der Waals surface area contributed by atoms with Gasteiger partial charge in [-0.1, -0.05) is 278 Å². The lowest BCUT2D eigenvalue weighted by Gasteiger charge is -2.44. The van der Waals surface area contributed by atoms with Crippen LogP contribution in [0.5, 0.6) is 28.7 Å². The summed E-state index contributed by atoms with van der Waals surface area (Å²) < 4.78 is 34.6. The predicted octanol–water partition coefficient (Wildman–Crippen LogP) is 36.8. The van der Waals surface area contributed by atoms with Gasteiger partial charge in [-0.05, 0) is 395 Å². The van der Waals surface area contributed by atoms with Crippen LogP contribution in [0.2, 0.25) is 0 Å². The maximum Gasteiger partial charge on any atom is 0.312 e. The highest BCUT2D eigenvalue weighted by Gasteiger charge is 2.53. The summed E-state index contributed by atoms with van der Waals surface area (Å²) in [6, 6.07) is 46.2. The number of carbonyl (C=O) groups excluding carboxylic acids is 5. The van der Waals surface area contributed by atoms with Gasteiger partial charge in [-0.15, -0.1) is 0 Å². The summed E-state index contributed by atoms with van der Waals surface area (Å²) in [6.45, 7) is 81.9. The van der Waals surface area contributed by atoms with E-state index in [9.17, 15) is 34.2 Å². The largest absolute Gasteiger partial charge is 0.508 e. The fourth-order valence-corrected chi connectivity index (χ4v) is 16.7. The molecule has 0 bridgehead atoms. The van der Waals surface area contributed by atoms with E-state index in [2.05, 4.69) is 196 Å². The van der Waals surface area contributed by atoms with Crippen LogP contribution in [0, 0.1) is 49.7 Å². The highest BCUT2D eigenvalue weighted by molar-refractivity contribution is 5.86. The standard InChI is InChI=1S/C16H30O3.C15H28O2.C14H28O2.2C14H16O.C13H24O2.C13H26O2.3C10H14O/c1-7-14(2,3)13(17)19-16(10-8-9-11-16)15(4,5)12-18-6;1-7-14(5,6)12(16)17-15(13(2,3)4)10-8-9-11-15;1-9-13(6,7)12(15)16-14(8,10(2)3)11(4)5;2*1-3-10(2)11-4-5-13-9-14(15)7-6-12(13)8-11;1-5-12(2,3)11(14)15-13(4)9-7-6-8-10-13;1-7-12(5,6)11(14)15-13(8-2,9-3)10-4;3*1-3-8(2)9-4-6-10(11)7-5-9/h7-12H2,1-6H3;7-11H2,1-6H3;10-11H,9H2,1-8H3;2*4-10,15H,3H2,1-2H3;5-10H2,1-4H3;7-10H2,1-6H3;3*4-8,11H,3H2,1-2H3. The van der Waals surface area contributed by atoms with Gasteiger partial charge in [0.15, 0.2) is 0 Å². The molecule has 0 aromatic heterocycles.